The van der Waals surface area contributed by atoms with Crippen molar-refractivity contribution < 1.29 is 4.74 Å². The molecule has 1 atom stereocenters. The molecule has 1 saturated heterocycles. The molecule has 1 unspecified atom stereocenters. The van der Waals surface area contributed by atoms with E-state index in [0.717, 1.165) is 37.3 Å². The smallest absolute Gasteiger partial charge is 0.0746 e. The van der Waals surface area contributed by atoms with Crippen molar-refractivity contribution in [3.05, 3.63) is 18.5 Å². The first-order chi connectivity index (χ1) is 7.31. The molecule has 2 N–H and O–H groups in total. The Kier molecular flexibility index (Phi) is 3.06. The largest absolute Gasteiger partial charge is 0.396 e. The number of piperidine rings is 1. The summed E-state index contributed by atoms with van der Waals surface area (Å²) in [6.07, 6.45) is 6.10. The minimum atomic E-state index is 0.325. The van der Waals surface area contributed by atoms with E-state index in [4.69, 9.17) is 10.5 Å². The number of anilines is 2. The number of rotatable bonds is 2. The first kappa shape index (κ1) is 10.2. The quantitative estimate of drug-likeness (QED) is 0.793. The summed E-state index contributed by atoms with van der Waals surface area (Å²) in [6, 6.07) is 1.97. The van der Waals surface area contributed by atoms with Crippen molar-refractivity contribution in [3.63, 3.8) is 0 Å². The van der Waals surface area contributed by atoms with E-state index < -0.39 is 0 Å². The maximum Gasteiger partial charge on any atom is 0.0746 e. The molecule has 4 nitrogen and oxygen atoms in total. The predicted octanol–water partition coefficient (Wildman–Crippen LogP) is 1.28. The Balaban J connectivity index is 2.13. The highest BCUT2D eigenvalue weighted by molar-refractivity contribution is 5.66. The van der Waals surface area contributed by atoms with Gasteiger partial charge in [-0.25, -0.2) is 0 Å². The number of hydrogen-bond donors (Lipinski definition) is 1. The Morgan fingerprint density at radius 3 is 3.20 bits per heavy atom. The van der Waals surface area contributed by atoms with Gasteiger partial charge in [0.1, 0.15) is 0 Å². The fourth-order valence-corrected chi connectivity index (χ4v) is 2.04. The van der Waals surface area contributed by atoms with E-state index in [1.54, 1.807) is 19.5 Å². The molecule has 1 aliphatic rings. The lowest BCUT2D eigenvalue weighted by molar-refractivity contribution is 0.0894. The van der Waals surface area contributed by atoms with E-state index in [1.165, 1.54) is 0 Å². The molecule has 2 heterocycles. The highest BCUT2D eigenvalue weighted by Gasteiger charge is 2.20. The van der Waals surface area contributed by atoms with Gasteiger partial charge in [-0.3, -0.25) is 4.98 Å². The number of methoxy groups -OCH3 is 1. The molecule has 15 heavy (non-hydrogen) atoms. The van der Waals surface area contributed by atoms with Crippen LogP contribution in [-0.4, -0.2) is 31.3 Å². The third kappa shape index (κ3) is 2.21. The van der Waals surface area contributed by atoms with Gasteiger partial charge in [0.2, 0.25) is 0 Å². The van der Waals surface area contributed by atoms with Crippen LogP contribution in [0.4, 0.5) is 11.4 Å². The van der Waals surface area contributed by atoms with E-state index in [9.17, 15) is 0 Å². The van der Waals surface area contributed by atoms with Crippen molar-refractivity contribution in [2.45, 2.75) is 18.9 Å². The highest BCUT2D eigenvalue weighted by atomic mass is 16.5. The lowest BCUT2D eigenvalue weighted by Crippen LogP contribution is -2.39. The van der Waals surface area contributed by atoms with Crippen molar-refractivity contribution in [1.82, 2.24) is 4.98 Å². The van der Waals surface area contributed by atoms with Crippen molar-refractivity contribution in [1.29, 1.82) is 0 Å². The Morgan fingerprint density at radius 2 is 2.47 bits per heavy atom. The van der Waals surface area contributed by atoms with Crippen molar-refractivity contribution in [2.24, 2.45) is 0 Å². The molecule has 1 aromatic rings. The molecule has 0 spiro atoms. The molecule has 0 amide bonds. The first-order valence-corrected chi connectivity index (χ1v) is 5.28. The summed E-state index contributed by atoms with van der Waals surface area (Å²) in [5, 5.41) is 0. The van der Waals surface area contributed by atoms with Crippen LogP contribution in [0.15, 0.2) is 18.5 Å². The van der Waals surface area contributed by atoms with Gasteiger partial charge in [-0.15, -0.1) is 0 Å². The van der Waals surface area contributed by atoms with Gasteiger partial charge < -0.3 is 15.4 Å². The first-order valence-electron chi connectivity index (χ1n) is 5.28. The van der Waals surface area contributed by atoms with Crippen LogP contribution in [0.5, 0.6) is 0 Å². The van der Waals surface area contributed by atoms with E-state index >= 15 is 0 Å². The molecular formula is C11H17N3O. The SMILES string of the molecule is COC1CCCN(c2ccncc2N)C1. The van der Waals surface area contributed by atoms with Crippen LogP contribution < -0.4 is 10.6 Å². The van der Waals surface area contributed by atoms with Crippen LogP contribution in [0.25, 0.3) is 0 Å². The lowest BCUT2D eigenvalue weighted by Gasteiger charge is -2.34. The van der Waals surface area contributed by atoms with E-state index in [0.29, 0.717) is 6.10 Å². The maximum absolute atomic E-state index is 5.89. The summed E-state index contributed by atoms with van der Waals surface area (Å²) < 4.78 is 5.38. The third-order valence-electron chi connectivity index (χ3n) is 2.88. The second kappa shape index (κ2) is 4.49. The molecule has 82 valence electrons. The molecule has 0 aromatic carbocycles. The normalized spacial score (nSPS) is 21.7. The second-order valence-electron chi connectivity index (χ2n) is 3.88. The van der Waals surface area contributed by atoms with Crippen LogP contribution in [0.1, 0.15) is 12.8 Å². The Morgan fingerprint density at radius 1 is 1.60 bits per heavy atom. The maximum atomic E-state index is 5.89. The van der Waals surface area contributed by atoms with Gasteiger partial charge >= 0.3 is 0 Å². The van der Waals surface area contributed by atoms with Gasteiger partial charge in [0.05, 0.1) is 23.7 Å². The molecule has 0 bridgehead atoms. The monoisotopic (exact) mass is 207 g/mol. The topological polar surface area (TPSA) is 51.4 Å². The minimum Gasteiger partial charge on any atom is -0.396 e. The fraction of sp³-hybridized carbons (Fsp3) is 0.545. The van der Waals surface area contributed by atoms with Gasteiger partial charge in [-0.05, 0) is 18.9 Å². The van der Waals surface area contributed by atoms with Gasteiger partial charge in [0.15, 0.2) is 0 Å². The number of hydrogen-bond acceptors (Lipinski definition) is 4. The average Bonchev–Trinajstić information content (AvgIpc) is 2.30. The van der Waals surface area contributed by atoms with E-state index in [1.807, 2.05) is 6.07 Å². The molecule has 1 aromatic heterocycles. The summed E-state index contributed by atoms with van der Waals surface area (Å²) >= 11 is 0. The zero-order chi connectivity index (χ0) is 10.7. The number of aromatic nitrogens is 1. The molecule has 0 radical (unpaired) electrons. The lowest BCUT2D eigenvalue weighted by atomic mass is 10.1. The third-order valence-corrected chi connectivity index (χ3v) is 2.88. The van der Waals surface area contributed by atoms with Crippen molar-refractivity contribution in [2.75, 3.05) is 30.8 Å². The highest BCUT2D eigenvalue weighted by Crippen LogP contribution is 2.25. The van der Waals surface area contributed by atoms with Crippen LogP contribution in [0.3, 0.4) is 0 Å². The summed E-state index contributed by atoms with van der Waals surface area (Å²) in [5.41, 5.74) is 7.71. The van der Waals surface area contributed by atoms with Gasteiger partial charge in [-0.2, -0.15) is 0 Å². The minimum absolute atomic E-state index is 0.325. The van der Waals surface area contributed by atoms with E-state index in [-0.39, 0.29) is 0 Å². The second-order valence-corrected chi connectivity index (χ2v) is 3.88. The molecule has 2 rings (SSSR count). The number of pyridine rings is 1. The number of nitrogens with zero attached hydrogens (tertiary/aromatic N) is 2. The predicted molar refractivity (Wildman–Crippen MR) is 60.9 cm³/mol. The van der Waals surface area contributed by atoms with Gasteiger partial charge in [-0.1, -0.05) is 0 Å². The van der Waals surface area contributed by atoms with Crippen LogP contribution >= 0.6 is 0 Å². The summed E-state index contributed by atoms with van der Waals surface area (Å²) in [5.74, 6) is 0. The number of nitrogen functional groups attached to an aromatic ring is 1. The molecular weight excluding hydrogens is 190 g/mol. The van der Waals surface area contributed by atoms with E-state index in [2.05, 4.69) is 9.88 Å². The standard InChI is InChI=1S/C11H17N3O/c1-15-9-3-2-6-14(8-9)11-4-5-13-7-10(11)12/h4-5,7,9H,2-3,6,8,12H2,1H3. The Hall–Kier alpha value is -1.29. The van der Waals surface area contributed by atoms with Crippen molar-refractivity contribution in [3.8, 4) is 0 Å². The van der Waals surface area contributed by atoms with Crippen LogP contribution in [0.2, 0.25) is 0 Å². The van der Waals surface area contributed by atoms with Crippen LogP contribution in [0, 0.1) is 0 Å². The number of ether oxygens (including phenoxy) is 1. The zero-order valence-corrected chi connectivity index (χ0v) is 9.02. The summed E-state index contributed by atoms with van der Waals surface area (Å²) in [4.78, 5) is 6.27. The Bertz CT molecular complexity index is 329. The zero-order valence-electron chi connectivity index (χ0n) is 9.02. The summed E-state index contributed by atoms with van der Waals surface area (Å²) in [6.45, 7) is 1.97. The molecule has 4 heteroatoms. The molecule has 0 aliphatic carbocycles. The Labute approximate surface area is 90.0 Å². The fourth-order valence-electron chi connectivity index (χ4n) is 2.04. The van der Waals surface area contributed by atoms with Gasteiger partial charge in [0, 0.05) is 26.4 Å². The van der Waals surface area contributed by atoms with Gasteiger partial charge in [0.25, 0.3) is 0 Å². The van der Waals surface area contributed by atoms with Crippen LogP contribution in [-0.2, 0) is 4.74 Å². The van der Waals surface area contributed by atoms with Crippen molar-refractivity contribution >= 4 is 11.4 Å². The number of nitrogens with two attached hydrogens (primary N) is 1. The molecule has 0 saturated carbocycles. The summed E-state index contributed by atoms with van der Waals surface area (Å²) in [7, 11) is 1.77. The average molecular weight is 207 g/mol. The molecule has 1 aliphatic heterocycles. The molecule has 1 fully saturated rings.